The molecule has 2 aromatic rings. The van der Waals surface area contributed by atoms with Crippen molar-refractivity contribution >= 4 is 17.2 Å². The third kappa shape index (κ3) is 2.76. The Morgan fingerprint density at radius 3 is 3.00 bits per heavy atom. The molecule has 4 N–H and O–H groups in total. The van der Waals surface area contributed by atoms with Crippen LogP contribution in [0.5, 0.6) is 0 Å². The standard InChI is InChI=1S/C14H18N4OS/c1-8-2-5-13(20-8)11-7-12(18-17-11)14(19)16-10-4-3-9(15)6-10/h2,5,7,9-10H,3-4,6,15H2,1H3,(H,16,19)(H,17,18)/t9-,10-/m1/s1. The molecule has 1 amide bonds. The molecule has 0 saturated heterocycles. The third-order valence-corrected chi connectivity index (χ3v) is 4.66. The molecule has 0 spiro atoms. The number of H-pyrrole nitrogens is 1. The maximum absolute atomic E-state index is 12.1. The Balaban J connectivity index is 1.68. The lowest BCUT2D eigenvalue weighted by Crippen LogP contribution is -2.34. The first-order chi connectivity index (χ1) is 9.61. The molecular formula is C14H18N4OS. The van der Waals surface area contributed by atoms with Crippen molar-refractivity contribution in [1.29, 1.82) is 0 Å². The summed E-state index contributed by atoms with van der Waals surface area (Å²) in [6, 6.07) is 6.28. The van der Waals surface area contributed by atoms with E-state index in [0.717, 1.165) is 29.8 Å². The lowest BCUT2D eigenvalue weighted by atomic mass is 10.2. The van der Waals surface area contributed by atoms with Crippen LogP contribution in [-0.4, -0.2) is 28.2 Å². The van der Waals surface area contributed by atoms with Crippen molar-refractivity contribution in [3.05, 3.63) is 28.8 Å². The second-order valence-corrected chi connectivity index (χ2v) is 6.61. The van der Waals surface area contributed by atoms with Crippen molar-refractivity contribution in [3.63, 3.8) is 0 Å². The Morgan fingerprint density at radius 1 is 1.50 bits per heavy atom. The molecule has 0 bridgehead atoms. The molecule has 0 radical (unpaired) electrons. The van der Waals surface area contributed by atoms with Crippen molar-refractivity contribution in [3.8, 4) is 10.6 Å². The van der Waals surface area contributed by atoms with Gasteiger partial charge in [-0.1, -0.05) is 0 Å². The first-order valence-corrected chi connectivity index (χ1v) is 7.62. The summed E-state index contributed by atoms with van der Waals surface area (Å²) in [7, 11) is 0. The minimum Gasteiger partial charge on any atom is -0.348 e. The first kappa shape index (κ1) is 13.3. The van der Waals surface area contributed by atoms with Gasteiger partial charge in [-0.2, -0.15) is 5.10 Å². The van der Waals surface area contributed by atoms with Crippen LogP contribution >= 0.6 is 11.3 Å². The number of hydrogen-bond donors (Lipinski definition) is 3. The highest BCUT2D eigenvalue weighted by molar-refractivity contribution is 7.15. The predicted molar refractivity (Wildman–Crippen MR) is 79.7 cm³/mol. The number of nitrogens with two attached hydrogens (primary N) is 1. The number of carbonyl (C=O) groups excluding carboxylic acids is 1. The summed E-state index contributed by atoms with van der Waals surface area (Å²) in [5.41, 5.74) is 7.17. The lowest BCUT2D eigenvalue weighted by molar-refractivity contribution is 0.0932. The Labute approximate surface area is 121 Å². The molecule has 20 heavy (non-hydrogen) atoms. The molecule has 5 nitrogen and oxygen atoms in total. The summed E-state index contributed by atoms with van der Waals surface area (Å²) >= 11 is 1.68. The summed E-state index contributed by atoms with van der Waals surface area (Å²) in [6.45, 7) is 2.06. The van der Waals surface area contributed by atoms with E-state index in [1.807, 2.05) is 6.07 Å². The van der Waals surface area contributed by atoms with E-state index < -0.39 is 0 Å². The number of rotatable bonds is 3. The van der Waals surface area contributed by atoms with Gasteiger partial charge in [0, 0.05) is 17.0 Å². The van der Waals surface area contributed by atoms with Crippen LogP contribution in [0.15, 0.2) is 18.2 Å². The van der Waals surface area contributed by atoms with Crippen molar-refractivity contribution in [2.24, 2.45) is 5.73 Å². The molecule has 0 aromatic carbocycles. The van der Waals surface area contributed by atoms with Gasteiger partial charge in [-0.15, -0.1) is 11.3 Å². The van der Waals surface area contributed by atoms with Crippen LogP contribution in [0.3, 0.4) is 0 Å². The van der Waals surface area contributed by atoms with Gasteiger partial charge in [-0.3, -0.25) is 9.89 Å². The zero-order valence-electron chi connectivity index (χ0n) is 11.3. The van der Waals surface area contributed by atoms with Crippen LogP contribution in [0.1, 0.15) is 34.6 Å². The van der Waals surface area contributed by atoms with Gasteiger partial charge in [0.2, 0.25) is 0 Å². The van der Waals surface area contributed by atoms with Gasteiger partial charge < -0.3 is 11.1 Å². The molecule has 1 aliphatic carbocycles. The average Bonchev–Trinajstić information content (AvgIpc) is 3.10. The van der Waals surface area contributed by atoms with E-state index in [0.29, 0.717) is 5.69 Å². The van der Waals surface area contributed by atoms with Crippen LogP contribution in [0.2, 0.25) is 0 Å². The molecule has 2 aromatic heterocycles. The summed E-state index contributed by atoms with van der Waals surface area (Å²) in [5, 5.41) is 10.0. The zero-order valence-corrected chi connectivity index (χ0v) is 12.2. The van der Waals surface area contributed by atoms with Gasteiger partial charge in [-0.25, -0.2) is 0 Å². The van der Waals surface area contributed by atoms with Gasteiger partial charge in [0.05, 0.1) is 10.6 Å². The number of nitrogens with one attached hydrogen (secondary N) is 2. The van der Waals surface area contributed by atoms with Crippen molar-refractivity contribution in [2.45, 2.75) is 38.3 Å². The zero-order chi connectivity index (χ0) is 14.1. The van der Waals surface area contributed by atoms with Crippen LogP contribution in [0, 0.1) is 6.92 Å². The van der Waals surface area contributed by atoms with E-state index in [1.165, 1.54) is 4.88 Å². The average molecular weight is 290 g/mol. The Kier molecular flexibility index (Phi) is 3.58. The molecule has 1 aliphatic rings. The Hall–Kier alpha value is -1.66. The van der Waals surface area contributed by atoms with Crippen molar-refractivity contribution in [1.82, 2.24) is 15.5 Å². The maximum Gasteiger partial charge on any atom is 0.272 e. The number of aromatic nitrogens is 2. The van der Waals surface area contributed by atoms with Crippen LogP contribution in [-0.2, 0) is 0 Å². The van der Waals surface area contributed by atoms with E-state index in [-0.39, 0.29) is 18.0 Å². The molecule has 0 aliphatic heterocycles. The maximum atomic E-state index is 12.1. The SMILES string of the molecule is Cc1ccc(-c2cc(C(=O)N[C@@H]3CC[C@@H](N)C3)n[nH]2)s1. The Morgan fingerprint density at radius 2 is 2.35 bits per heavy atom. The van der Waals surface area contributed by atoms with E-state index in [9.17, 15) is 4.79 Å². The molecule has 3 rings (SSSR count). The quantitative estimate of drug-likeness (QED) is 0.809. The summed E-state index contributed by atoms with van der Waals surface area (Å²) in [6.07, 6.45) is 2.78. The molecule has 1 saturated carbocycles. The van der Waals surface area contributed by atoms with Gasteiger partial charge in [0.1, 0.15) is 0 Å². The second kappa shape index (κ2) is 5.38. The van der Waals surface area contributed by atoms with E-state index in [1.54, 1.807) is 17.4 Å². The van der Waals surface area contributed by atoms with Crippen molar-refractivity contribution < 1.29 is 4.79 Å². The number of hydrogen-bond acceptors (Lipinski definition) is 4. The number of amides is 1. The largest absolute Gasteiger partial charge is 0.348 e. The van der Waals surface area contributed by atoms with Crippen LogP contribution in [0.25, 0.3) is 10.6 Å². The fourth-order valence-electron chi connectivity index (χ4n) is 2.55. The topological polar surface area (TPSA) is 83.8 Å². The molecule has 2 atom stereocenters. The fourth-order valence-corrected chi connectivity index (χ4v) is 3.38. The molecule has 2 heterocycles. The monoisotopic (exact) mass is 290 g/mol. The summed E-state index contributed by atoms with van der Waals surface area (Å²) < 4.78 is 0. The van der Waals surface area contributed by atoms with Gasteiger partial charge in [0.25, 0.3) is 5.91 Å². The number of aryl methyl sites for hydroxylation is 1. The number of thiophene rings is 1. The third-order valence-electron chi connectivity index (χ3n) is 3.62. The number of nitrogens with zero attached hydrogens (tertiary/aromatic N) is 1. The fraction of sp³-hybridized carbons (Fsp3) is 0.429. The van der Waals surface area contributed by atoms with E-state index >= 15 is 0 Å². The number of aromatic amines is 1. The Bertz CT molecular complexity index is 618. The molecular weight excluding hydrogens is 272 g/mol. The van der Waals surface area contributed by atoms with Crippen LogP contribution in [0.4, 0.5) is 0 Å². The summed E-state index contributed by atoms with van der Waals surface area (Å²) in [5.74, 6) is -0.125. The summed E-state index contributed by atoms with van der Waals surface area (Å²) in [4.78, 5) is 14.5. The van der Waals surface area contributed by atoms with E-state index in [4.69, 9.17) is 5.73 Å². The number of carbonyl (C=O) groups is 1. The highest BCUT2D eigenvalue weighted by atomic mass is 32.1. The highest BCUT2D eigenvalue weighted by Gasteiger charge is 2.24. The van der Waals surface area contributed by atoms with Crippen LogP contribution < -0.4 is 11.1 Å². The van der Waals surface area contributed by atoms with Crippen molar-refractivity contribution in [2.75, 3.05) is 0 Å². The van der Waals surface area contributed by atoms with Gasteiger partial charge in [-0.05, 0) is 44.4 Å². The van der Waals surface area contributed by atoms with Gasteiger partial charge >= 0.3 is 0 Å². The molecule has 106 valence electrons. The minimum atomic E-state index is -0.125. The minimum absolute atomic E-state index is 0.125. The molecule has 0 unspecified atom stereocenters. The highest BCUT2D eigenvalue weighted by Crippen LogP contribution is 2.26. The van der Waals surface area contributed by atoms with Gasteiger partial charge in [0.15, 0.2) is 5.69 Å². The predicted octanol–water partition coefficient (Wildman–Crippen LogP) is 2.06. The smallest absolute Gasteiger partial charge is 0.272 e. The lowest BCUT2D eigenvalue weighted by Gasteiger charge is -2.10. The normalized spacial score (nSPS) is 22.1. The second-order valence-electron chi connectivity index (χ2n) is 5.32. The molecule has 1 fully saturated rings. The van der Waals surface area contributed by atoms with E-state index in [2.05, 4.69) is 28.5 Å². The first-order valence-electron chi connectivity index (χ1n) is 6.80. The molecule has 6 heteroatoms.